The largest absolute Gasteiger partial charge is 0.482 e. The molecule has 2 aromatic rings. The lowest BCUT2D eigenvalue weighted by atomic mass is 9.92. The topological polar surface area (TPSA) is 35.2 Å². The van der Waals surface area contributed by atoms with Gasteiger partial charge in [-0.25, -0.2) is 0 Å². The van der Waals surface area contributed by atoms with E-state index in [-0.39, 0.29) is 0 Å². The SMILES string of the molecule is CCCSc1ccccc1OC(C)(CCN)c1ccccc1. The number of ether oxygens (including phenoxy) is 1. The highest BCUT2D eigenvalue weighted by atomic mass is 32.2. The average Bonchev–Trinajstić information content (AvgIpc) is 2.55. The van der Waals surface area contributed by atoms with E-state index in [9.17, 15) is 0 Å². The molecule has 22 heavy (non-hydrogen) atoms. The lowest BCUT2D eigenvalue weighted by Crippen LogP contribution is -2.32. The van der Waals surface area contributed by atoms with Gasteiger partial charge in [0.1, 0.15) is 11.4 Å². The van der Waals surface area contributed by atoms with E-state index < -0.39 is 5.60 Å². The van der Waals surface area contributed by atoms with Gasteiger partial charge in [0, 0.05) is 11.3 Å². The Morgan fingerprint density at radius 3 is 2.41 bits per heavy atom. The van der Waals surface area contributed by atoms with Crippen molar-refractivity contribution in [2.45, 2.75) is 37.2 Å². The van der Waals surface area contributed by atoms with E-state index in [1.54, 1.807) is 0 Å². The molecule has 1 unspecified atom stereocenters. The zero-order valence-corrected chi connectivity index (χ0v) is 14.2. The van der Waals surface area contributed by atoms with Gasteiger partial charge in [-0.2, -0.15) is 0 Å². The van der Waals surface area contributed by atoms with Gasteiger partial charge in [-0.15, -0.1) is 11.8 Å². The van der Waals surface area contributed by atoms with E-state index in [0.717, 1.165) is 29.9 Å². The van der Waals surface area contributed by atoms with Crippen LogP contribution in [0.4, 0.5) is 0 Å². The lowest BCUT2D eigenvalue weighted by Gasteiger charge is -2.32. The number of hydrogen-bond acceptors (Lipinski definition) is 3. The highest BCUT2D eigenvalue weighted by Crippen LogP contribution is 2.36. The second-order valence-corrected chi connectivity index (χ2v) is 6.67. The maximum absolute atomic E-state index is 6.46. The van der Waals surface area contributed by atoms with E-state index in [0.29, 0.717) is 6.54 Å². The van der Waals surface area contributed by atoms with Crippen molar-refractivity contribution >= 4 is 11.8 Å². The predicted molar refractivity (Wildman–Crippen MR) is 95.6 cm³/mol. The number of nitrogens with two attached hydrogens (primary N) is 1. The van der Waals surface area contributed by atoms with Gasteiger partial charge in [0.05, 0.1) is 0 Å². The van der Waals surface area contributed by atoms with Crippen LogP contribution < -0.4 is 10.5 Å². The molecule has 0 saturated heterocycles. The third kappa shape index (κ3) is 4.28. The van der Waals surface area contributed by atoms with E-state index in [1.807, 2.05) is 36.0 Å². The summed E-state index contributed by atoms with van der Waals surface area (Å²) in [4.78, 5) is 1.20. The van der Waals surface area contributed by atoms with Crippen LogP contribution >= 0.6 is 11.8 Å². The molecule has 2 rings (SSSR count). The fraction of sp³-hybridized carbons (Fsp3) is 0.368. The minimum atomic E-state index is -0.404. The van der Waals surface area contributed by atoms with E-state index in [4.69, 9.17) is 10.5 Å². The van der Waals surface area contributed by atoms with Crippen molar-refractivity contribution in [1.82, 2.24) is 0 Å². The Morgan fingerprint density at radius 1 is 1.05 bits per heavy atom. The lowest BCUT2D eigenvalue weighted by molar-refractivity contribution is 0.0763. The van der Waals surface area contributed by atoms with Crippen LogP contribution in [0, 0.1) is 0 Å². The first-order valence-corrected chi connectivity index (χ1v) is 8.84. The van der Waals surface area contributed by atoms with Crippen LogP contribution in [0.3, 0.4) is 0 Å². The first-order valence-electron chi connectivity index (χ1n) is 7.86. The first-order chi connectivity index (χ1) is 10.7. The van der Waals surface area contributed by atoms with Gasteiger partial charge in [-0.3, -0.25) is 0 Å². The third-order valence-electron chi connectivity index (χ3n) is 3.65. The summed E-state index contributed by atoms with van der Waals surface area (Å²) in [5.41, 5.74) is 6.60. The van der Waals surface area contributed by atoms with Gasteiger partial charge in [-0.1, -0.05) is 49.4 Å². The number of hydrogen-bond donors (Lipinski definition) is 1. The zero-order valence-electron chi connectivity index (χ0n) is 13.4. The summed E-state index contributed by atoms with van der Waals surface area (Å²) in [6.45, 7) is 4.91. The minimum Gasteiger partial charge on any atom is -0.482 e. The molecule has 0 aromatic heterocycles. The Bertz CT molecular complexity index is 573. The van der Waals surface area contributed by atoms with Crippen molar-refractivity contribution in [2.75, 3.05) is 12.3 Å². The fourth-order valence-electron chi connectivity index (χ4n) is 2.43. The van der Waals surface area contributed by atoms with Gasteiger partial charge in [-0.05, 0) is 43.3 Å². The average molecular weight is 315 g/mol. The molecule has 0 radical (unpaired) electrons. The molecule has 1 atom stereocenters. The quantitative estimate of drug-likeness (QED) is 0.709. The van der Waals surface area contributed by atoms with Crippen LogP contribution in [0.15, 0.2) is 59.5 Å². The maximum atomic E-state index is 6.46. The molecule has 0 aliphatic heterocycles. The van der Waals surface area contributed by atoms with Crippen LogP contribution in [0.25, 0.3) is 0 Å². The molecule has 2 nitrogen and oxygen atoms in total. The second-order valence-electron chi connectivity index (χ2n) is 5.53. The predicted octanol–water partition coefficient (Wildman–Crippen LogP) is 4.83. The summed E-state index contributed by atoms with van der Waals surface area (Å²) >= 11 is 1.84. The van der Waals surface area contributed by atoms with Gasteiger partial charge in [0.2, 0.25) is 0 Å². The highest BCUT2D eigenvalue weighted by molar-refractivity contribution is 7.99. The van der Waals surface area contributed by atoms with Crippen LogP contribution in [0.1, 0.15) is 32.3 Å². The molecular weight excluding hydrogens is 290 g/mol. The molecule has 3 heteroatoms. The van der Waals surface area contributed by atoms with E-state index >= 15 is 0 Å². The van der Waals surface area contributed by atoms with Gasteiger partial charge in [0.25, 0.3) is 0 Å². The summed E-state index contributed by atoms with van der Waals surface area (Å²) in [6.07, 6.45) is 1.93. The minimum absolute atomic E-state index is 0.404. The normalized spacial score (nSPS) is 13.6. The van der Waals surface area contributed by atoms with Crippen LogP contribution in [0.5, 0.6) is 5.75 Å². The summed E-state index contributed by atoms with van der Waals surface area (Å²) in [6, 6.07) is 18.6. The summed E-state index contributed by atoms with van der Waals surface area (Å²) in [5, 5.41) is 0. The van der Waals surface area contributed by atoms with Crippen molar-refractivity contribution in [3.63, 3.8) is 0 Å². The molecule has 0 bridgehead atoms. The van der Waals surface area contributed by atoms with Gasteiger partial charge >= 0.3 is 0 Å². The van der Waals surface area contributed by atoms with Gasteiger partial charge in [0.15, 0.2) is 0 Å². The molecule has 0 heterocycles. The number of rotatable bonds is 8. The first kappa shape index (κ1) is 16.9. The van der Waals surface area contributed by atoms with Crippen molar-refractivity contribution < 1.29 is 4.74 Å². The van der Waals surface area contributed by atoms with Crippen molar-refractivity contribution in [2.24, 2.45) is 5.73 Å². The zero-order chi connectivity index (χ0) is 15.8. The standard InChI is InChI=1S/C19H25NOS/c1-3-15-22-18-12-8-7-11-17(18)21-19(2,13-14-20)16-9-5-4-6-10-16/h4-12H,3,13-15,20H2,1-2H3. The van der Waals surface area contributed by atoms with Crippen LogP contribution in [-0.2, 0) is 5.60 Å². The second kappa shape index (κ2) is 8.25. The number of para-hydroxylation sites is 1. The molecule has 0 fully saturated rings. The molecule has 2 aromatic carbocycles. The number of thioether (sulfide) groups is 1. The molecule has 0 amide bonds. The molecule has 0 aliphatic carbocycles. The van der Waals surface area contributed by atoms with Crippen molar-refractivity contribution in [3.8, 4) is 5.75 Å². The Kier molecular flexibility index (Phi) is 6.34. The number of benzene rings is 2. The highest BCUT2D eigenvalue weighted by Gasteiger charge is 2.28. The third-order valence-corrected chi connectivity index (χ3v) is 4.91. The summed E-state index contributed by atoms with van der Waals surface area (Å²) < 4.78 is 6.46. The van der Waals surface area contributed by atoms with Crippen molar-refractivity contribution in [1.29, 1.82) is 0 Å². The summed E-state index contributed by atoms with van der Waals surface area (Å²) in [5.74, 6) is 2.04. The molecule has 0 saturated carbocycles. The molecule has 0 aliphatic rings. The maximum Gasteiger partial charge on any atom is 0.134 e. The Hall–Kier alpha value is -1.45. The molecule has 0 spiro atoms. The fourth-order valence-corrected chi connectivity index (χ4v) is 3.28. The van der Waals surface area contributed by atoms with Crippen molar-refractivity contribution in [3.05, 3.63) is 60.2 Å². The Balaban J connectivity index is 2.28. The van der Waals surface area contributed by atoms with E-state index in [2.05, 4.69) is 44.2 Å². The molecular formula is C19H25NOS. The molecule has 2 N–H and O–H groups in total. The smallest absolute Gasteiger partial charge is 0.134 e. The van der Waals surface area contributed by atoms with Gasteiger partial charge < -0.3 is 10.5 Å². The molecule has 118 valence electrons. The Morgan fingerprint density at radius 2 is 1.73 bits per heavy atom. The van der Waals surface area contributed by atoms with Crippen LogP contribution in [0.2, 0.25) is 0 Å². The van der Waals surface area contributed by atoms with E-state index in [1.165, 1.54) is 4.90 Å². The van der Waals surface area contributed by atoms with Crippen LogP contribution in [-0.4, -0.2) is 12.3 Å². The summed E-state index contributed by atoms with van der Waals surface area (Å²) in [7, 11) is 0. The Labute approximate surface area is 138 Å². The monoisotopic (exact) mass is 315 g/mol.